The minimum absolute atomic E-state index is 0.115. The Morgan fingerprint density at radius 3 is 2.33 bits per heavy atom. The summed E-state index contributed by atoms with van der Waals surface area (Å²) >= 11 is 1.56. The number of anilines is 2. The van der Waals surface area contributed by atoms with Gasteiger partial charge in [-0.1, -0.05) is 18.2 Å². The van der Waals surface area contributed by atoms with Crippen molar-refractivity contribution in [2.45, 2.75) is 16.6 Å². The molecule has 1 N–H and O–H groups in total. The summed E-state index contributed by atoms with van der Waals surface area (Å²) in [6.45, 7) is -0.115. The number of amides is 2. The van der Waals surface area contributed by atoms with Crippen molar-refractivity contribution in [2.24, 2.45) is 0 Å². The molecule has 0 aliphatic carbocycles. The van der Waals surface area contributed by atoms with E-state index in [-0.39, 0.29) is 30.0 Å². The number of carbonyl (C=O) groups is 2. The first kappa shape index (κ1) is 25.2. The third kappa shape index (κ3) is 5.36. The van der Waals surface area contributed by atoms with Crippen LogP contribution in [0.2, 0.25) is 0 Å². The van der Waals surface area contributed by atoms with Crippen molar-refractivity contribution < 1.29 is 28.5 Å². The van der Waals surface area contributed by atoms with Gasteiger partial charge in [0.05, 0.1) is 34.1 Å². The van der Waals surface area contributed by atoms with E-state index in [0.29, 0.717) is 34.4 Å². The normalized spacial score (nSPS) is 14.9. The first-order valence-corrected chi connectivity index (χ1v) is 12.1. The minimum Gasteiger partial charge on any atom is -0.497 e. The maximum Gasteiger partial charge on any atom is 0.244 e. The van der Waals surface area contributed by atoms with E-state index in [4.69, 9.17) is 18.9 Å². The van der Waals surface area contributed by atoms with Gasteiger partial charge in [0.15, 0.2) is 11.5 Å². The highest BCUT2D eigenvalue weighted by molar-refractivity contribution is 7.99. The van der Waals surface area contributed by atoms with Crippen LogP contribution in [-0.2, 0) is 9.59 Å². The van der Waals surface area contributed by atoms with Crippen molar-refractivity contribution in [1.82, 2.24) is 0 Å². The maximum absolute atomic E-state index is 13.5. The fourth-order valence-electron chi connectivity index (χ4n) is 4.07. The second-order valence-electron chi connectivity index (χ2n) is 8.00. The topological polar surface area (TPSA) is 86.3 Å². The van der Waals surface area contributed by atoms with Crippen LogP contribution in [0.1, 0.15) is 17.2 Å². The summed E-state index contributed by atoms with van der Waals surface area (Å²) in [4.78, 5) is 28.9. The van der Waals surface area contributed by atoms with Gasteiger partial charge in [-0.15, -0.1) is 11.8 Å². The van der Waals surface area contributed by atoms with Gasteiger partial charge in [-0.25, -0.2) is 0 Å². The summed E-state index contributed by atoms with van der Waals surface area (Å²) in [5, 5.41) is 2.63. The van der Waals surface area contributed by atoms with Gasteiger partial charge >= 0.3 is 0 Å². The smallest absolute Gasteiger partial charge is 0.244 e. The van der Waals surface area contributed by atoms with Crippen molar-refractivity contribution in [1.29, 1.82) is 0 Å². The zero-order chi connectivity index (χ0) is 25.7. The lowest BCUT2D eigenvalue weighted by Gasteiger charge is -2.22. The first-order chi connectivity index (χ1) is 17.5. The Morgan fingerprint density at radius 1 is 0.944 bits per heavy atom. The number of para-hydroxylation sites is 1. The molecule has 8 nitrogen and oxygen atoms in total. The monoisotopic (exact) mass is 508 g/mol. The molecule has 0 saturated carbocycles. The molecule has 1 aliphatic heterocycles. The number of fused-ring (bicyclic) bond motifs is 1. The van der Waals surface area contributed by atoms with Crippen molar-refractivity contribution in [3.63, 3.8) is 0 Å². The molecule has 0 fully saturated rings. The molecule has 1 unspecified atom stereocenters. The quantitative estimate of drug-likeness (QED) is 0.462. The fraction of sp³-hybridized carbons (Fsp3) is 0.259. The van der Waals surface area contributed by atoms with Crippen LogP contribution in [-0.4, -0.2) is 46.8 Å². The van der Waals surface area contributed by atoms with Crippen molar-refractivity contribution in [3.8, 4) is 23.0 Å². The Hall–Kier alpha value is -3.85. The van der Waals surface area contributed by atoms with Crippen molar-refractivity contribution in [2.75, 3.05) is 45.2 Å². The lowest BCUT2D eigenvalue weighted by molar-refractivity contribution is -0.121. The van der Waals surface area contributed by atoms with Crippen LogP contribution < -0.4 is 29.2 Å². The summed E-state index contributed by atoms with van der Waals surface area (Å²) in [6, 6.07) is 18.4. The zero-order valence-electron chi connectivity index (χ0n) is 20.6. The van der Waals surface area contributed by atoms with Gasteiger partial charge in [0.25, 0.3) is 0 Å². The van der Waals surface area contributed by atoms with Crippen LogP contribution in [0.5, 0.6) is 23.0 Å². The van der Waals surface area contributed by atoms with Crippen LogP contribution in [0, 0.1) is 0 Å². The third-order valence-corrected chi connectivity index (χ3v) is 7.12. The van der Waals surface area contributed by atoms with Gasteiger partial charge in [0.1, 0.15) is 12.3 Å². The number of thioether (sulfide) groups is 1. The number of rotatable bonds is 8. The number of nitrogens with zero attached hydrogens (tertiary/aromatic N) is 1. The fourth-order valence-corrected chi connectivity index (χ4v) is 5.33. The van der Waals surface area contributed by atoms with Crippen LogP contribution in [0.15, 0.2) is 65.6 Å². The van der Waals surface area contributed by atoms with Crippen molar-refractivity contribution in [3.05, 3.63) is 66.2 Å². The van der Waals surface area contributed by atoms with E-state index >= 15 is 0 Å². The predicted molar refractivity (Wildman–Crippen MR) is 140 cm³/mol. The van der Waals surface area contributed by atoms with E-state index in [2.05, 4.69) is 5.32 Å². The van der Waals surface area contributed by atoms with Crippen LogP contribution in [0.25, 0.3) is 0 Å². The lowest BCUT2D eigenvalue weighted by Crippen LogP contribution is -2.38. The van der Waals surface area contributed by atoms with Crippen LogP contribution >= 0.6 is 11.8 Å². The van der Waals surface area contributed by atoms with E-state index in [1.165, 1.54) is 4.90 Å². The number of methoxy groups -OCH3 is 4. The number of benzene rings is 3. The number of hydrogen-bond donors (Lipinski definition) is 1. The summed E-state index contributed by atoms with van der Waals surface area (Å²) in [7, 11) is 6.24. The van der Waals surface area contributed by atoms with Gasteiger partial charge in [-0.05, 0) is 42.0 Å². The number of hydrogen-bond acceptors (Lipinski definition) is 7. The molecule has 0 saturated heterocycles. The number of carbonyl (C=O) groups excluding carboxylic acids is 2. The molecule has 188 valence electrons. The molecular weight excluding hydrogens is 480 g/mol. The largest absolute Gasteiger partial charge is 0.497 e. The predicted octanol–water partition coefficient (Wildman–Crippen LogP) is 4.93. The zero-order valence-corrected chi connectivity index (χ0v) is 21.4. The lowest BCUT2D eigenvalue weighted by atomic mass is 10.1. The average molecular weight is 509 g/mol. The highest BCUT2D eigenvalue weighted by Crippen LogP contribution is 2.49. The standard InChI is InChI=1S/C27H28N2O6S/c1-32-19-9-7-8-18(14-19)28-25(30)16-29-20-10-5-6-11-23(20)36-24(15-26(29)31)17-12-21(33-2)27(35-4)22(13-17)34-3/h5-14,24H,15-16H2,1-4H3,(H,28,30). The highest BCUT2D eigenvalue weighted by atomic mass is 32.2. The van der Waals surface area contributed by atoms with E-state index in [0.717, 1.165) is 10.5 Å². The maximum atomic E-state index is 13.5. The first-order valence-electron chi connectivity index (χ1n) is 11.3. The molecule has 0 radical (unpaired) electrons. The molecule has 0 spiro atoms. The Kier molecular flexibility index (Phi) is 7.90. The summed E-state index contributed by atoms with van der Waals surface area (Å²) in [5.74, 6) is 1.70. The molecular formula is C27H28N2O6S. The molecule has 3 aromatic carbocycles. The molecule has 4 rings (SSSR count). The molecule has 1 heterocycles. The molecule has 1 atom stereocenters. The molecule has 1 aliphatic rings. The third-order valence-electron chi connectivity index (χ3n) is 5.80. The number of ether oxygens (including phenoxy) is 4. The van der Waals surface area contributed by atoms with Crippen LogP contribution in [0.4, 0.5) is 11.4 Å². The molecule has 3 aromatic rings. The van der Waals surface area contributed by atoms with Crippen molar-refractivity contribution >= 4 is 35.0 Å². The summed E-state index contributed by atoms with van der Waals surface area (Å²) in [5.41, 5.74) is 2.16. The minimum atomic E-state index is -0.303. The molecule has 2 amide bonds. The molecule has 0 bridgehead atoms. The molecule has 36 heavy (non-hydrogen) atoms. The number of nitrogens with one attached hydrogen (secondary N) is 1. The van der Waals surface area contributed by atoms with Gasteiger partial charge in [0, 0.05) is 28.3 Å². The highest BCUT2D eigenvalue weighted by Gasteiger charge is 2.31. The average Bonchev–Trinajstić information content (AvgIpc) is 3.04. The van der Waals surface area contributed by atoms with E-state index in [9.17, 15) is 9.59 Å². The summed E-state index contributed by atoms with van der Waals surface area (Å²) < 4.78 is 21.7. The van der Waals surface area contributed by atoms with E-state index < -0.39 is 0 Å². The van der Waals surface area contributed by atoms with E-state index in [1.54, 1.807) is 64.5 Å². The Bertz CT molecular complexity index is 1240. The second kappa shape index (κ2) is 11.3. The van der Waals surface area contributed by atoms with Gasteiger partial charge in [-0.2, -0.15) is 0 Å². The summed E-state index contributed by atoms with van der Waals surface area (Å²) in [6.07, 6.45) is 0.185. The van der Waals surface area contributed by atoms with Gasteiger partial charge in [-0.3, -0.25) is 9.59 Å². The Labute approximate surface area is 214 Å². The SMILES string of the molecule is COc1cccc(NC(=O)CN2C(=O)CC(c3cc(OC)c(OC)c(OC)c3)Sc3ccccc32)c1. The molecule has 0 aromatic heterocycles. The van der Waals surface area contributed by atoms with E-state index in [1.807, 2.05) is 36.4 Å². The van der Waals surface area contributed by atoms with Gasteiger partial charge < -0.3 is 29.2 Å². The second-order valence-corrected chi connectivity index (χ2v) is 9.24. The Morgan fingerprint density at radius 2 is 1.67 bits per heavy atom. The Balaban J connectivity index is 1.62. The van der Waals surface area contributed by atoms with Gasteiger partial charge in [0.2, 0.25) is 17.6 Å². The molecule has 9 heteroatoms. The van der Waals surface area contributed by atoms with Crippen LogP contribution in [0.3, 0.4) is 0 Å².